The van der Waals surface area contributed by atoms with Crippen molar-refractivity contribution in [3.8, 4) is 0 Å². The molecule has 2 amide bonds. The van der Waals surface area contributed by atoms with Gasteiger partial charge in [-0.2, -0.15) is 0 Å². The normalized spacial score (nSPS) is 18.9. The summed E-state index contributed by atoms with van der Waals surface area (Å²) in [5, 5.41) is 3.00. The lowest BCUT2D eigenvalue weighted by Crippen LogP contribution is -2.43. The van der Waals surface area contributed by atoms with E-state index in [9.17, 15) is 13.6 Å². The Balaban J connectivity index is 1.74. The topological polar surface area (TPSA) is 35.6 Å². The van der Waals surface area contributed by atoms with Crippen molar-refractivity contribution in [3.05, 3.63) is 35.4 Å². The predicted octanol–water partition coefficient (Wildman–Crippen LogP) is 2.88. The van der Waals surface area contributed by atoms with Gasteiger partial charge in [0, 0.05) is 25.7 Å². The number of aryl methyl sites for hydroxylation is 1. The van der Waals surface area contributed by atoms with Crippen molar-refractivity contribution in [1.82, 2.24) is 15.1 Å². The molecule has 2 atom stereocenters. The molecule has 2 rings (SSSR count). The van der Waals surface area contributed by atoms with Crippen LogP contribution in [0, 0.1) is 17.6 Å². The van der Waals surface area contributed by atoms with Crippen molar-refractivity contribution in [3.63, 3.8) is 0 Å². The van der Waals surface area contributed by atoms with E-state index < -0.39 is 11.6 Å². The molecule has 0 spiro atoms. The third kappa shape index (κ3) is 5.44. The fourth-order valence-electron chi connectivity index (χ4n) is 3.14. The summed E-state index contributed by atoms with van der Waals surface area (Å²) >= 11 is 0. The highest BCUT2D eigenvalue weighted by Gasteiger charge is 2.26. The summed E-state index contributed by atoms with van der Waals surface area (Å²) in [4.78, 5) is 16.3. The first-order valence-electron chi connectivity index (χ1n) is 8.49. The highest BCUT2D eigenvalue weighted by Crippen LogP contribution is 2.17. The molecule has 1 N–H and O–H groups in total. The Bertz CT molecular complexity index is 565. The lowest BCUT2D eigenvalue weighted by Gasteiger charge is -2.22. The second kappa shape index (κ2) is 8.42. The second-order valence-electron chi connectivity index (χ2n) is 7.00. The monoisotopic (exact) mass is 339 g/mol. The number of carbonyl (C=O) groups excluding carboxylic acids is 1. The minimum atomic E-state index is -0.832. The van der Waals surface area contributed by atoms with Gasteiger partial charge in [-0.05, 0) is 63.9 Å². The Morgan fingerprint density at radius 1 is 1.38 bits per heavy atom. The SMILES string of the molecule is C[C@H](CCc1ccc(F)c(F)c1)NC(=O)N1CC[C@H](CN(C)C)C1. The van der Waals surface area contributed by atoms with Gasteiger partial charge in [0.15, 0.2) is 11.6 Å². The largest absolute Gasteiger partial charge is 0.336 e. The fourth-order valence-corrected chi connectivity index (χ4v) is 3.14. The van der Waals surface area contributed by atoms with Gasteiger partial charge in [-0.3, -0.25) is 0 Å². The molecule has 4 nitrogen and oxygen atoms in total. The Morgan fingerprint density at radius 2 is 2.12 bits per heavy atom. The minimum absolute atomic E-state index is 0.0153. The van der Waals surface area contributed by atoms with Gasteiger partial charge in [0.25, 0.3) is 0 Å². The smallest absolute Gasteiger partial charge is 0.317 e. The number of rotatable bonds is 6. The molecule has 0 bridgehead atoms. The predicted molar refractivity (Wildman–Crippen MR) is 90.9 cm³/mol. The van der Waals surface area contributed by atoms with E-state index in [1.807, 2.05) is 25.9 Å². The number of carbonyl (C=O) groups is 1. The molecule has 134 valence electrons. The van der Waals surface area contributed by atoms with Crippen molar-refractivity contribution >= 4 is 6.03 Å². The Morgan fingerprint density at radius 3 is 2.79 bits per heavy atom. The Labute approximate surface area is 142 Å². The van der Waals surface area contributed by atoms with Gasteiger partial charge in [0.05, 0.1) is 0 Å². The highest BCUT2D eigenvalue weighted by atomic mass is 19.2. The molecule has 6 heteroatoms. The van der Waals surface area contributed by atoms with Crippen LogP contribution in [0.2, 0.25) is 0 Å². The summed E-state index contributed by atoms with van der Waals surface area (Å²) in [6.07, 6.45) is 2.32. The number of benzene rings is 1. The average Bonchev–Trinajstić information content (AvgIpc) is 2.96. The molecule has 1 fully saturated rings. The van der Waals surface area contributed by atoms with E-state index in [0.717, 1.165) is 37.7 Å². The van der Waals surface area contributed by atoms with E-state index in [1.54, 1.807) is 6.07 Å². The van der Waals surface area contributed by atoms with Gasteiger partial charge in [0.1, 0.15) is 0 Å². The maximum Gasteiger partial charge on any atom is 0.317 e. The molecular weight excluding hydrogens is 312 g/mol. The summed E-state index contributed by atoms with van der Waals surface area (Å²) in [5.41, 5.74) is 0.738. The Hall–Kier alpha value is -1.69. The van der Waals surface area contributed by atoms with Gasteiger partial charge in [-0.25, -0.2) is 13.6 Å². The third-order valence-corrected chi connectivity index (χ3v) is 4.42. The number of hydrogen-bond donors (Lipinski definition) is 1. The van der Waals surface area contributed by atoms with E-state index in [-0.39, 0.29) is 12.1 Å². The number of amides is 2. The van der Waals surface area contributed by atoms with E-state index in [0.29, 0.717) is 18.8 Å². The summed E-state index contributed by atoms with van der Waals surface area (Å²) in [6, 6.07) is 3.89. The zero-order valence-corrected chi connectivity index (χ0v) is 14.7. The molecular formula is C18H27F2N3O. The quantitative estimate of drug-likeness (QED) is 0.865. The van der Waals surface area contributed by atoms with Crippen molar-refractivity contribution in [2.24, 2.45) is 5.92 Å². The molecule has 0 aromatic heterocycles. The maximum absolute atomic E-state index is 13.2. The van der Waals surface area contributed by atoms with Crippen molar-refractivity contribution in [2.75, 3.05) is 33.7 Å². The van der Waals surface area contributed by atoms with Crippen LogP contribution in [0.3, 0.4) is 0 Å². The number of hydrogen-bond acceptors (Lipinski definition) is 2. The number of halogens is 2. The van der Waals surface area contributed by atoms with Crippen molar-refractivity contribution in [1.29, 1.82) is 0 Å². The molecule has 0 saturated carbocycles. The van der Waals surface area contributed by atoms with Crippen molar-refractivity contribution in [2.45, 2.75) is 32.2 Å². The molecule has 1 heterocycles. The van der Waals surface area contributed by atoms with E-state index in [2.05, 4.69) is 10.2 Å². The van der Waals surface area contributed by atoms with E-state index in [1.165, 1.54) is 6.07 Å². The summed E-state index contributed by atoms with van der Waals surface area (Å²) in [6.45, 7) is 4.51. The van der Waals surface area contributed by atoms with E-state index in [4.69, 9.17) is 0 Å². The minimum Gasteiger partial charge on any atom is -0.336 e. The van der Waals surface area contributed by atoms with Gasteiger partial charge < -0.3 is 15.1 Å². The summed E-state index contributed by atoms with van der Waals surface area (Å²) in [5.74, 6) is -1.13. The summed E-state index contributed by atoms with van der Waals surface area (Å²) in [7, 11) is 4.09. The molecule has 0 unspecified atom stereocenters. The first-order chi connectivity index (χ1) is 11.3. The standard InChI is InChI=1S/C18H27F2N3O/c1-13(4-5-14-6-7-16(19)17(20)10-14)21-18(24)23-9-8-15(12-23)11-22(2)3/h6-7,10,13,15H,4-5,8-9,11-12H2,1-3H3,(H,21,24)/t13-,15-/m1/s1. The van der Waals surface area contributed by atoms with Crippen LogP contribution in [-0.4, -0.2) is 55.6 Å². The molecule has 1 saturated heterocycles. The first kappa shape index (κ1) is 18.6. The lowest BCUT2D eigenvalue weighted by atomic mass is 10.1. The zero-order valence-electron chi connectivity index (χ0n) is 14.7. The second-order valence-corrected chi connectivity index (χ2v) is 7.00. The van der Waals surface area contributed by atoms with Crippen LogP contribution >= 0.6 is 0 Å². The van der Waals surface area contributed by atoms with Gasteiger partial charge in [-0.1, -0.05) is 6.07 Å². The van der Waals surface area contributed by atoms with Gasteiger partial charge >= 0.3 is 6.03 Å². The van der Waals surface area contributed by atoms with Crippen LogP contribution in [0.5, 0.6) is 0 Å². The number of nitrogens with zero attached hydrogens (tertiary/aromatic N) is 2. The van der Waals surface area contributed by atoms with E-state index >= 15 is 0 Å². The molecule has 0 radical (unpaired) electrons. The van der Waals surface area contributed by atoms with Crippen LogP contribution in [0.25, 0.3) is 0 Å². The molecule has 1 aromatic carbocycles. The van der Waals surface area contributed by atoms with Gasteiger partial charge in [0.2, 0.25) is 0 Å². The number of nitrogens with one attached hydrogen (secondary N) is 1. The maximum atomic E-state index is 13.2. The molecule has 1 aliphatic rings. The average molecular weight is 339 g/mol. The third-order valence-electron chi connectivity index (χ3n) is 4.42. The molecule has 24 heavy (non-hydrogen) atoms. The number of likely N-dealkylation sites (tertiary alicyclic amines) is 1. The van der Waals surface area contributed by atoms with Crippen LogP contribution in [0.4, 0.5) is 13.6 Å². The molecule has 0 aliphatic carbocycles. The Kier molecular flexibility index (Phi) is 6.54. The summed E-state index contributed by atoms with van der Waals surface area (Å²) < 4.78 is 26.1. The van der Waals surface area contributed by atoms with Crippen LogP contribution in [0.1, 0.15) is 25.3 Å². The fraction of sp³-hybridized carbons (Fsp3) is 0.611. The van der Waals surface area contributed by atoms with Crippen LogP contribution in [-0.2, 0) is 6.42 Å². The van der Waals surface area contributed by atoms with Crippen molar-refractivity contribution < 1.29 is 13.6 Å². The molecule has 1 aromatic rings. The van der Waals surface area contributed by atoms with Gasteiger partial charge in [-0.15, -0.1) is 0 Å². The molecule has 1 aliphatic heterocycles. The van der Waals surface area contributed by atoms with Crippen LogP contribution < -0.4 is 5.32 Å². The zero-order chi connectivity index (χ0) is 17.7. The highest BCUT2D eigenvalue weighted by molar-refractivity contribution is 5.74. The van der Waals surface area contributed by atoms with Crippen LogP contribution in [0.15, 0.2) is 18.2 Å². The number of urea groups is 1. The first-order valence-corrected chi connectivity index (χ1v) is 8.49. The lowest BCUT2D eigenvalue weighted by molar-refractivity contribution is 0.201.